The second kappa shape index (κ2) is 12.7. The fraction of sp³-hybridized carbons (Fsp3) is 0.407. The van der Waals surface area contributed by atoms with E-state index in [-0.39, 0.29) is 19.0 Å². The topological polar surface area (TPSA) is 176 Å². The van der Waals surface area contributed by atoms with E-state index in [2.05, 4.69) is 25.0 Å². The number of hydrogen-bond donors (Lipinski definition) is 3. The van der Waals surface area contributed by atoms with Gasteiger partial charge in [0.1, 0.15) is 23.7 Å². The van der Waals surface area contributed by atoms with Gasteiger partial charge in [0.15, 0.2) is 0 Å². The van der Waals surface area contributed by atoms with Gasteiger partial charge >= 0.3 is 5.97 Å². The minimum Gasteiger partial charge on any atom is -0.458 e. The molecule has 0 aliphatic carbocycles. The van der Waals surface area contributed by atoms with E-state index < -0.39 is 21.6 Å². The first-order chi connectivity index (χ1) is 19.5. The average Bonchev–Trinajstić information content (AvgIpc) is 3.56. The van der Waals surface area contributed by atoms with Crippen LogP contribution in [0.25, 0.3) is 33.3 Å². The lowest BCUT2D eigenvalue weighted by atomic mass is 10.0. The van der Waals surface area contributed by atoms with Gasteiger partial charge in [-0.1, -0.05) is 12.1 Å². The van der Waals surface area contributed by atoms with E-state index in [1.54, 1.807) is 69.0 Å². The van der Waals surface area contributed by atoms with E-state index >= 15 is 0 Å². The molecular formula is C27H35N7O6S. The highest BCUT2D eigenvalue weighted by molar-refractivity contribution is 7.92. The Balaban J connectivity index is 1.36. The molecule has 220 valence electrons. The third kappa shape index (κ3) is 8.02. The van der Waals surface area contributed by atoms with Crippen LogP contribution in [0.1, 0.15) is 27.7 Å². The van der Waals surface area contributed by atoms with Crippen molar-refractivity contribution in [3.05, 3.63) is 42.9 Å². The van der Waals surface area contributed by atoms with Gasteiger partial charge in [0, 0.05) is 34.8 Å². The number of nitrogen functional groups attached to an aromatic ring is 1. The summed E-state index contributed by atoms with van der Waals surface area (Å²) in [5.41, 5.74) is 9.84. The number of aromatic nitrogens is 5. The molecule has 1 aromatic carbocycles. The summed E-state index contributed by atoms with van der Waals surface area (Å²) in [6.45, 7) is 8.40. The van der Waals surface area contributed by atoms with Crippen LogP contribution in [0.5, 0.6) is 0 Å². The van der Waals surface area contributed by atoms with Crippen LogP contribution in [-0.2, 0) is 35.6 Å². The van der Waals surface area contributed by atoms with Gasteiger partial charge in [0.25, 0.3) is 0 Å². The van der Waals surface area contributed by atoms with Crippen molar-refractivity contribution in [2.75, 3.05) is 42.6 Å². The van der Waals surface area contributed by atoms with Gasteiger partial charge in [0.2, 0.25) is 10.0 Å². The van der Waals surface area contributed by atoms with E-state index in [4.69, 9.17) is 19.9 Å². The lowest BCUT2D eigenvalue weighted by Crippen LogP contribution is -2.27. The van der Waals surface area contributed by atoms with Crippen LogP contribution < -0.4 is 10.5 Å². The number of sulfonamides is 1. The Morgan fingerprint density at radius 3 is 2.51 bits per heavy atom. The molecule has 0 aliphatic heterocycles. The number of carbonyl (C=O) groups is 1. The molecule has 13 nitrogen and oxygen atoms in total. The van der Waals surface area contributed by atoms with Crippen LogP contribution in [0.2, 0.25) is 0 Å². The molecule has 0 saturated carbocycles. The molecule has 0 radical (unpaired) electrons. The van der Waals surface area contributed by atoms with Gasteiger partial charge in [-0.15, -0.1) is 0 Å². The minimum absolute atomic E-state index is 0.0142. The zero-order chi connectivity index (χ0) is 29.6. The summed E-state index contributed by atoms with van der Waals surface area (Å²) in [4.78, 5) is 16.0. The molecule has 0 atom stereocenters. The van der Waals surface area contributed by atoms with E-state index in [0.717, 1.165) is 16.7 Å². The van der Waals surface area contributed by atoms with Gasteiger partial charge in [-0.3, -0.25) is 14.5 Å². The Bertz CT molecular complexity index is 1590. The summed E-state index contributed by atoms with van der Waals surface area (Å²) in [5, 5.41) is 12.6. The Morgan fingerprint density at radius 1 is 1.07 bits per heavy atom. The molecule has 4 N–H and O–H groups in total. The Hall–Kier alpha value is -4.01. The number of nitrogens with two attached hydrogens (primary N) is 1. The monoisotopic (exact) mass is 585 g/mol. The summed E-state index contributed by atoms with van der Waals surface area (Å²) in [6.07, 6.45) is 5.28. The van der Waals surface area contributed by atoms with Gasteiger partial charge in [-0.25, -0.2) is 18.2 Å². The number of benzene rings is 1. The van der Waals surface area contributed by atoms with E-state index in [1.807, 2.05) is 6.20 Å². The van der Waals surface area contributed by atoms with Crippen molar-refractivity contribution in [2.45, 2.75) is 39.8 Å². The predicted octanol–water partition coefficient (Wildman–Crippen LogP) is 3.21. The first kappa shape index (κ1) is 30.0. The normalized spacial score (nSPS) is 12.1. The molecule has 14 heteroatoms. The maximum Gasteiger partial charge on any atom is 0.332 e. The summed E-state index contributed by atoms with van der Waals surface area (Å²) in [5.74, 6) is -0.106. The molecule has 0 spiro atoms. The van der Waals surface area contributed by atoms with Gasteiger partial charge in [0.05, 0.1) is 49.2 Å². The average molecular weight is 586 g/mol. The first-order valence-electron chi connectivity index (χ1n) is 13.1. The molecule has 4 rings (SSSR count). The number of anilines is 2. The number of nitrogens with one attached hydrogen (secondary N) is 2. The molecule has 3 aromatic heterocycles. The second-order valence-electron chi connectivity index (χ2n) is 10.2. The van der Waals surface area contributed by atoms with Crippen LogP contribution in [0.3, 0.4) is 0 Å². The number of pyridine rings is 1. The van der Waals surface area contributed by atoms with Crippen LogP contribution in [-0.4, -0.2) is 77.1 Å². The number of aromatic amines is 1. The molecule has 0 fully saturated rings. The molecule has 0 saturated heterocycles. The Morgan fingerprint density at radius 2 is 1.80 bits per heavy atom. The van der Waals surface area contributed by atoms with Crippen molar-refractivity contribution in [3.63, 3.8) is 0 Å². The zero-order valence-electron chi connectivity index (χ0n) is 23.5. The lowest BCUT2D eigenvalue weighted by molar-refractivity contribution is -0.160. The van der Waals surface area contributed by atoms with E-state index in [1.165, 1.54) is 0 Å². The predicted molar refractivity (Wildman–Crippen MR) is 156 cm³/mol. The summed E-state index contributed by atoms with van der Waals surface area (Å²) < 4.78 is 44.1. The number of fused-ring (bicyclic) bond motifs is 1. The molecule has 0 unspecified atom stereocenters. The first-order valence-corrected chi connectivity index (χ1v) is 14.7. The molecule has 0 aliphatic rings. The summed E-state index contributed by atoms with van der Waals surface area (Å²) in [7, 11) is -3.37. The number of ether oxygens (including phenoxy) is 3. The highest BCUT2D eigenvalue weighted by Gasteiger charge is 2.18. The van der Waals surface area contributed by atoms with Crippen molar-refractivity contribution in [1.82, 2.24) is 25.0 Å². The van der Waals surface area contributed by atoms with Crippen molar-refractivity contribution in [1.29, 1.82) is 0 Å². The van der Waals surface area contributed by atoms with Crippen molar-refractivity contribution in [3.8, 4) is 22.4 Å². The molecule has 4 aromatic rings. The number of hydrogen-bond acceptors (Lipinski definition) is 10. The zero-order valence-corrected chi connectivity index (χ0v) is 24.3. The highest BCUT2D eigenvalue weighted by atomic mass is 32.2. The van der Waals surface area contributed by atoms with Gasteiger partial charge < -0.3 is 19.9 Å². The number of rotatable bonds is 13. The number of H-pyrrole nitrogens is 1. The largest absolute Gasteiger partial charge is 0.458 e. The fourth-order valence-electron chi connectivity index (χ4n) is 3.95. The minimum atomic E-state index is -3.37. The smallest absolute Gasteiger partial charge is 0.332 e. The number of nitrogens with zero attached hydrogens (tertiary/aromatic N) is 4. The van der Waals surface area contributed by atoms with E-state index in [0.29, 0.717) is 47.9 Å². The Kier molecular flexibility index (Phi) is 9.25. The lowest BCUT2D eigenvalue weighted by Gasteiger charge is -2.19. The highest BCUT2D eigenvalue weighted by Crippen LogP contribution is 2.35. The molecule has 3 heterocycles. The third-order valence-corrected chi connectivity index (χ3v) is 7.16. The molecule has 0 amide bonds. The fourth-order valence-corrected chi connectivity index (χ4v) is 4.59. The maximum atomic E-state index is 11.9. The maximum absolute atomic E-state index is 11.9. The van der Waals surface area contributed by atoms with Crippen LogP contribution in [0, 0.1) is 0 Å². The standard InChI is InChI=1S/C27H35N7O6S/c1-5-41(36,37)33-20-8-6-18(7-9-20)24-23-25(32-31-24)21(15-29-26(23)28)19-14-30-34(16-19)10-11-38-12-13-39-17-22(35)40-27(2,3)4/h6-9,14-16,33H,5,10-13,17H2,1-4H3,(H2,28,29)(H,31,32). The molecular weight excluding hydrogens is 550 g/mol. The molecule has 41 heavy (non-hydrogen) atoms. The third-order valence-electron chi connectivity index (χ3n) is 5.86. The molecule has 0 bridgehead atoms. The van der Waals surface area contributed by atoms with Gasteiger partial charge in [-0.05, 0) is 39.8 Å². The summed E-state index contributed by atoms with van der Waals surface area (Å²) in [6, 6.07) is 6.90. The van der Waals surface area contributed by atoms with E-state index in [9.17, 15) is 13.2 Å². The quantitative estimate of drug-likeness (QED) is 0.156. The summed E-state index contributed by atoms with van der Waals surface area (Å²) >= 11 is 0. The van der Waals surface area contributed by atoms with Crippen molar-refractivity contribution >= 4 is 38.4 Å². The van der Waals surface area contributed by atoms with Crippen molar-refractivity contribution < 1.29 is 27.4 Å². The Labute approximate surface area is 238 Å². The van der Waals surface area contributed by atoms with Crippen LogP contribution >= 0.6 is 0 Å². The van der Waals surface area contributed by atoms with Crippen LogP contribution in [0.4, 0.5) is 11.5 Å². The SMILES string of the molecule is CCS(=O)(=O)Nc1ccc(-c2n[nH]c3c(-c4cnn(CCOCCOCC(=O)OC(C)(C)C)c4)cnc(N)c23)cc1. The van der Waals surface area contributed by atoms with Crippen LogP contribution in [0.15, 0.2) is 42.9 Å². The number of esters is 1. The van der Waals surface area contributed by atoms with Crippen molar-refractivity contribution in [2.24, 2.45) is 0 Å². The second-order valence-corrected chi connectivity index (χ2v) is 12.2. The van der Waals surface area contributed by atoms with Gasteiger partial charge in [-0.2, -0.15) is 10.2 Å². The number of carbonyl (C=O) groups excluding carboxylic acids is 1.